The summed E-state index contributed by atoms with van der Waals surface area (Å²) in [6.45, 7) is 4.32. The van der Waals surface area contributed by atoms with Crippen molar-refractivity contribution < 1.29 is 0 Å². The lowest BCUT2D eigenvalue weighted by Crippen LogP contribution is -2.36. The van der Waals surface area contributed by atoms with Gasteiger partial charge in [0.2, 0.25) is 5.95 Å². The Kier molecular flexibility index (Phi) is 6.43. The van der Waals surface area contributed by atoms with Crippen LogP contribution < -0.4 is 16.4 Å². The van der Waals surface area contributed by atoms with Crippen LogP contribution in [0, 0.1) is 0 Å². The van der Waals surface area contributed by atoms with Crippen molar-refractivity contribution in [1.29, 1.82) is 0 Å². The fourth-order valence-electron chi connectivity index (χ4n) is 4.93. The van der Waals surface area contributed by atoms with Gasteiger partial charge in [0.15, 0.2) is 17.0 Å². The number of aromatic nitrogens is 4. The predicted octanol–water partition coefficient (Wildman–Crippen LogP) is 3.37. The molecular weight excluding hydrogens is 376 g/mol. The van der Waals surface area contributed by atoms with E-state index < -0.39 is 0 Å². The zero-order valence-electron chi connectivity index (χ0n) is 18.9. The van der Waals surface area contributed by atoms with Gasteiger partial charge in [0.05, 0.1) is 6.33 Å². The van der Waals surface area contributed by atoms with Gasteiger partial charge in [-0.05, 0) is 79.3 Å². The minimum absolute atomic E-state index is 0.270. The number of imidazole rings is 1. The molecule has 0 saturated heterocycles. The van der Waals surface area contributed by atoms with Crippen molar-refractivity contribution in [2.24, 2.45) is 5.73 Å². The van der Waals surface area contributed by atoms with Gasteiger partial charge in [-0.15, -0.1) is 0 Å². The highest BCUT2D eigenvalue weighted by atomic mass is 15.2. The Morgan fingerprint density at radius 3 is 2.47 bits per heavy atom. The molecule has 2 aromatic heterocycles. The van der Waals surface area contributed by atoms with Gasteiger partial charge in [-0.25, -0.2) is 4.98 Å². The van der Waals surface area contributed by atoms with Crippen molar-refractivity contribution in [1.82, 2.24) is 24.4 Å². The Labute approximate surface area is 180 Å². The number of hydrogen-bond donors (Lipinski definition) is 3. The van der Waals surface area contributed by atoms with E-state index >= 15 is 0 Å². The van der Waals surface area contributed by atoms with Gasteiger partial charge in [0.1, 0.15) is 0 Å². The Morgan fingerprint density at radius 1 is 1.03 bits per heavy atom. The van der Waals surface area contributed by atoms with E-state index in [1.807, 2.05) is 6.33 Å². The van der Waals surface area contributed by atoms with Crippen LogP contribution >= 0.6 is 0 Å². The SMILES string of the molecule is CC(C)n1cnc2c(NC3CCCC(N)C3)nc(N[C@H]3CC[C@H](N(C)C)CC3)nc21. The summed E-state index contributed by atoms with van der Waals surface area (Å²) in [4.78, 5) is 16.8. The molecule has 0 radical (unpaired) electrons. The molecule has 166 valence electrons. The first-order valence-electron chi connectivity index (χ1n) is 11.6. The van der Waals surface area contributed by atoms with Gasteiger partial charge in [-0.2, -0.15) is 9.97 Å². The standard InChI is InChI=1S/C22H38N8/c1-14(2)30-13-24-19-20(25-17-7-5-6-15(23)12-17)27-22(28-21(19)30)26-16-8-10-18(11-9-16)29(3)4/h13-18H,5-12,23H2,1-4H3,(H2,25,26,27,28)/t15?,16-,17?,18-. The molecule has 2 heterocycles. The van der Waals surface area contributed by atoms with Crippen LogP contribution in [0.2, 0.25) is 0 Å². The highest BCUT2D eigenvalue weighted by Gasteiger charge is 2.25. The van der Waals surface area contributed by atoms with E-state index in [2.05, 4.69) is 53.0 Å². The van der Waals surface area contributed by atoms with Gasteiger partial charge in [0.25, 0.3) is 0 Å². The quantitative estimate of drug-likeness (QED) is 0.667. The maximum Gasteiger partial charge on any atom is 0.227 e. The second kappa shape index (κ2) is 9.06. The highest BCUT2D eigenvalue weighted by Crippen LogP contribution is 2.29. The Bertz CT molecular complexity index is 837. The zero-order valence-corrected chi connectivity index (χ0v) is 18.9. The fourth-order valence-corrected chi connectivity index (χ4v) is 4.93. The fraction of sp³-hybridized carbons (Fsp3) is 0.773. The molecule has 2 aliphatic carbocycles. The number of rotatable bonds is 6. The molecule has 0 bridgehead atoms. The van der Waals surface area contributed by atoms with Crippen LogP contribution in [-0.4, -0.2) is 62.7 Å². The second-order valence-electron chi connectivity index (χ2n) is 9.69. The molecule has 2 atom stereocenters. The smallest absolute Gasteiger partial charge is 0.227 e. The maximum atomic E-state index is 6.21. The third-order valence-electron chi connectivity index (χ3n) is 6.79. The second-order valence-corrected chi connectivity index (χ2v) is 9.69. The summed E-state index contributed by atoms with van der Waals surface area (Å²) in [5.74, 6) is 1.55. The normalized spacial score (nSPS) is 27.7. The monoisotopic (exact) mass is 414 g/mol. The van der Waals surface area contributed by atoms with Gasteiger partial charge in [-0.3, -0.25) is 0 Å². The molecule has 2 fully saturated rings. The molecule has 4 rings (SSSR count). The predicted molar refractivity (Wildman–Crippen MR) is 123 cm³/mol. The van der Waals surface area contributed by atoms with E-state index in [0.717, 1.165) is 55.5 Å². The Hall–Kier alpha value is -1.93. The maximum absolute atomic E-state index is 6.21. The van der Waals surface area contributed by atoms with Crippen LogP contribution in [0.4, 0.5) is 11.8 Å². The number of nitrogens with one attached hydrogen (secondary N) is 2. The summed E-state index contributed by atoms with van der Waals surface area (Å²) >= 11 is 0. The first-order valence-corrected chi connectivity index (χ1v) is 11.6. The number of fused-ring (bicyclic) bond motifs is 1. The average Bonchev–Trinajstić information content (AvgIpc) is 3.13. The highest BCUT2D eigenvalue weighted by molar-refractivity contribution is 5.84. The topological polar surface area (TPSA) is 96.9 Å². The van der Waals surface area contributed by atoms with Crippen LogP contribution in [0.5, 0.6) is 0 Å². The van der Waals surface area contributed by atoms with E-state index in [1.54, 1.807) is 0 Å². The lowest BCUT2D eigenvalue weighted by Gasteiger charge is -2.33. The molecule has 2 aromatic rings. The van der Waals surface area contributed by atoms with Crippen LogP contribution in [0.15, 0.2) is 6.33 Å². The molecule has 0 spiro atoms. The van der Waals surface area contributed by atoms with E-state index in [0.29, 0.717) is 30.1 Å². The number of nitrogens with zero attached hydrogens (tertiary/aromatic N) is 5. The van der Waals surface area contributed by atoms with E-state index in [9.17, 15) is 0 Å². The molecule has 8 heteroatoms. The lowest BCUT2D eigenvalue weighted by molar-refractivity contribution is 0.221. The number of anilines is 2. The lowest BCUT2D eigenvalue weighted by atomic mass is 9.90. The van der Waals surface area contributed by atoms with E-state index in [1.165, 1.54) is 12.8 Å². The molecular formula is C22H38N8. The molecule has 4 N–H and O–H groups in total. The number of hydrogen-bond acceptors (Lipinski definition) is 7. The third-order valence-corrected chi connectivity index (χ3v) is 6.79. The molecule has 2 saturated carbocycles. The summed E-state index contributed by atoms with van der Waals surface area (Å²) < 4.78 is 2.13. The summed E-state index contributed by atoms with van der Waals surface area (Å²) in [7, 11) is 4.36. The minimum Gasteiger partial charge on any atom is -0.365 e. The number of nitrogens with two attached hydrogens (primary N) is 1. The molecule has 0 aliphatic heterocycles. The third kappa shape index (κ3) is 4.70. The molecule has 30 heavy (non-hydrogen) atoms. The van der Waals surface area contributed by atoms with Crippen molar-refractivity contribution >= 4 is 22.9 Å². The van der Waals surface area contributed by atoms with Crippen LogP contribution in [0.25, 0.3) is 11.2 Å². The molecule has 2 aliphatic rings. The Balaban J connectivity index is 1.57. The van der Waals surface area contributed by atoms with Crippen molar-refractivity contribution in [2.75, 3.05) is 24.7 Å². The van der Waals surface area contributed by atoms with Crippen molar-refractivity contribution in [3.8, 4) is 0 Å². The largest absolute Gasteiger partial charge is 0.365 e. The molecule has 2 unspecified atom stereocenters. The minimum atomic E-state index is 0.270. The Morgan fingerprint density at radius 2 is 1.80 bits per heavy atom. The van der Waals surface area contributed by atoms with Crippen molar-refractivity contribution in [3.63, 3.8) is 0 Å². The first kappa shape index (κ1) is 21.3. The zero-order chi connectivity index (χ0) is 21.3. The van der Waals surface area contributed by atoms with Crippen molar-refractivity contribution in [3.05, 3.63) is 6.33 Å². The van der Waals surface area contributed by atoms with Gasteiger partial charge >= 0.3 is 0 Å². The van der Waals surface area contributed by atoms with Crippen LogP contribution in [-0.2, 0) is 0 Å². The molecule has 8 nitrogen and oxygen atoms in total. The van der Waals surface area contributed by atoms with Gasteiger partial charge < -0.3 is 25.8 Å². The summed E-state index contributed by atoms with van der Waals surface area (Å²) in [5, 5.41) is 7.28. The van der Waals surface area contributed by atoms with Gasteiger partial charge in [0, 0.05) is 30.2 Å². The van der Waals surface area contributed by atoms with E-state index in [4.69, 9.17) is 15.7 Å². The summed E-state index contributed by atoms with van der Waals surface area (Å²) in [6, 6.07) is 2.02. The molecule has 0 amide bonds. The van der Waals surface area contributed by atoms with E-state index in [-0.39, 0.29) is 6.04 Å². The first-order chi connectivity index (χ1) is 14.4. The summed E-state index contributed by atoms with van der Waals surface area (Å²) in [5.41, 5.74) is 7.96. The van der Waals surface area contributed by atoms with Crippen LogP contribution in [0.3, 0.4) is 0 Å². The molecule has 0 aromatic carbocycles. The van der Waals surface area contributed by atoms with Crippen molar-refractivity contribution in [2.45, 2.75) is 95.4 Å². The van der Waals surface area contributed by atoms with Gasteiger partial charge in [-0.1, -0.05) is 0 Å². The average molecular weight is 415 g/mol. The van der Waals surface area contributed by atoms with Crippen LogP contribution in [0.1, 0.15) is 71.3 Å². The summed E-state index contributed by atoms with van der Waals surface area (Å²) in [6.07, 6.45) is 11.0.